The van der Waals surface area contributed by atoms with Gasteiger partial charge in [0.25, 0.3) is 0 Å². The smallest absolute Gasteiger partial charge is 0.168 e. The zero-order valence-corrected chi connectivity index (χ0v) is 19.6. The summed E-state index contributed by atoms with van der Waals surface area (Å²) >= 11 is 14.3. The van der Waals surface area contributed by atoms with Gasteiger partial charge in [0, 0.05) is 21.6 Å². The van der Waals surface area contributed by atoms with Crippen LogP contribution in [0.1, 0.15) is 37.8 Å². The molecule has 0 aliphatic rings. The van der Waals surface area contributed by atoms with Crippen molar-refractivity contribution in [2.45, 2.75) is 39.5 Å². The first kappa shape index (κ1) is 21.0. The quantitative estimate of drug-likeness (QED) is 0.314. The topological polar surface area (TPSA) is 43.6 Å². The van der Waals surface area contributed by atoms with E-state index in [9.17, 15) is 0 Å². The van der Waals surface area contributed by atoms with Crippen LogP contribution in [0.4, 0.5) is 0 Å². The predicted molar refractivity (Wildman–Crippen MR) is 126 cm³/mol. The molecule has 2 heterocycles. The second-order valence-electron chi connectivity index (χ2n) is 7.85. The van der Waals surface area contributed by atoms with Crippen LogP contribution in [-0.4, -0.2) is 20.0 Å². The molecule has 4 aromatic rings. The minimum atomic E-state index is -0.0197. The fourth-order valence-electron chi connectivity index (χ4n) is 3.20. The van der Waals surface area contributed by atoms with Gasteiger partial charge in [0.2, 0.25) is 0 Å². The van der Waals surface area contributed by atoms with Crippen LogP contribution in [0.2, 0.25) is 10.0 Å². The Morgan fingerprint density at radius 3 is 2.43 bits per heavy atom. The van der Waals surface area contributed by atoms with E-state index in [1.807, 2.05) is 35.0 Å². The van der Waals surface area contributed by atoms with Crippen LogP contribution < -0.4 is 0 Å². The first-order chi connectivity index (χ1) is 14.3. The van der Waals surface area contributed by atoms with Gasteiger partial charge in [-0.15, -0.1) is 10.2 Å². The van der Waals surface area contributed by atoms with Crippen molar-refractivity contribution in [3.63, 3.8) is 0 Å². The average molecular weight is 457 g/mol. The highest BCUT2D eigenvalue weighted by Crippen LogP contribution is 2.38. The number of nitrogens with zero attached hydrogens (tertiary/aromatic N) is 4. The van der Waals surface area contributed by atoms with Gasteiger partial charge in [0.15, 0.2) is 5.01 Å². The average Bonchev–Trinajstić information content (AvgIpc) is 3.34. The van der Waals surface area contributed by atoms with E-state index in [0.29, 0.717) is 10.0 Å². The van der Waals surface area contributed by atoms with Gasteiger partial charge in [-0.05, 0) is 31.5 Å². The van der Waals surface area contributed by atoms with Crippen molar-refractivity contribution in [1.29, 1.82) is 0 Å². The zero-order valence-electron chi connectivity index (χ0n) is 17.3. The molecule has 0 fully saturated rings. The number of hydrogen-bond donors (Lipinski definition) is 0. The molecule has 0 amide bonds. The van der Waals surface area contributed by atoms with Gasteiger partial charge in [-0.25, -0.2) is 4.68 Å². The minimum Gasteiger partial charge on any atom is -0.231 e. The highest BCUT2D eigenvalue weighted by Gasteiger charge is 2.26. The second-order valence-corrected chi connectivity index (χ2v) is 9.67. The number of hydrogen-bond acceptors (Lipinski definition) is 4. The third kappa shape index (κ3) is 3.78. The van der Waals surface area contributed by atoms with Crippen LogP contribution in [0.5, 0.6) is 0 Å². The molecule has 0 radical (unpaired) electrons. The largest absolute Gasteiger partial charge is 0.231 e. The van der Waals surface area contributed by atoms with Crippen LogP contribution in [0.3, 0.4) is 0 Å². The van der Waals surface area contributed by atoms with E-state index >= 15 is 0 Å². The predicted octanol–water partition coefficient (Wildman–Crippen LogP) is 7.36. The molecule has 30 heavy (non-hydrogen) atoms. The van der Waals surface area contributed by atoms with Gasteiger partial charge in [-0.2, -0.15) is 5.10 Å². The fourth-order valence-corrected chi connectivity index (χ4v) is 4.75. The molecule has 0 saturated carbocycles. The summed E-state index contributed by atoms with van der Waals surface area (Å²) in [6, 6.07) is 15.6. The summed E-state index contributed by atoms with van der Waals surface area (Å²) in [5.74, 6) is 0. The van der Waals surface area contributed by atoms with Crippen LogP contribution in [-0.2, 0) is 5.41 Å². The highest BCUT2D eigenvalue weighted by molar-refractivity contribution is 7.14. The standard InChI is InChI=1S/C23H22Cl2N4S/c1-5-23(3,4)22-27-26-21(30-22)19-14(2)20(15-9-7-6-8-10-15)29(28-19)18-12-11-16(24)13-17(18)25/h6-13H,5H2,1-4H3. The molecule has 4 nitrogen and oxygen atoms in total. The van der Waals surface area contributed by atoms with Crippen molar-refractivity contribution in [1.82, 2.24) is 20.0 Å². The maximum atomic E-state index is 6.54. The van der Waals surface area contributed by atoms with E-state index < -0.39 is 0 Å². The lowest BCUT2D eigenvalue weighted by Gasteiger charge is -2.17. The van der Waals surface area contributed by atoms with Gasteiger partial charge < -0.3 is 0 Å². The molecular weight excluding hydrogens is 435 g/mol. The van der Waals surface area contributed by atoms with Crippen molar-refractivity contribution >= 4 is 34.5 Å². The first-order valence-corrected chi connectivity index (χ1v) is 11.3. The molecule has 7 heteroatoms. The molecule has 0 N–H and O–H groups in total. The molecule has 0 bridgehead atoms. The Balaban J connectivity index is 1.93. The lowest BCUT2D eigenvalue weighted by Crippen LogP contribution is -2.14. The Bertz CT molecular complexity index is 1200. The third-order valence-electron chi connectivity index (χ3n) is 5.40. The molecule has 0 aliphatic heterocycles. The molecular formula is C23H22Cl2N4S. The van der Waals surface area contributed by atoms with Crippen molar-refractivity contribution in [2.75, 3.05) is 0 Å². The molecule has 0 atom stereocenters. The van der Waals surface area contributed by atoms with Gasteiger partial charge in [-0.3, -0.25) is 0 Å². The van der Waals surface area contributed by atoms with Gasteiger partial charge in [0.1, 0.15) is 10.7 Å². The lowest BCUT2D eigenvalue weighted by molar-refractivity contribution is 0.498. The zero-order chi connectivity index (χ0) is 21.5. The molecule has 0 saturated heterocycles. The maximum absolute atomic E-state index is 6.54. The number of rotatable bonds is 5. The van der Waals surface area contributed by atoms with Crippen LogP contribution >= 0.6 is 34.5 Å². The van der Waals surface area contributed by atoms with Crippen molar-refractivity contribution < 1.29 is 0 Å². The normalized spacial score (nSPS) is 11.8. The summed E-state index contributed by atoms with van der Waals surface area (Å²) in [5, 5.41) is 16.8. The highest BCUT2D eigenvalue weighted by atomic mass is 35.5. The summed E-state index contributed by atoms with van der Waals surface area (Å²) in [5.41, 5.74) is 4.63. The Morgan fingerprint density at radius 2 is 1.77 bits per heavy atom. The van der Waals surface area contributed by atoms with E-state index in [0.717, 1.165) is 44.6 Å². The fraction of sp³-hybridized carbons (Fsp3) is 0.261. The van der Waals surface area contributed by atoms with Gasteiger partial charge in [0.05, 0.1) is 16.4 Å². The monoisotopic (exact) mass is 456 g/mol. The minimum absolute atomic E-state index is 0.0197. The van der Waals surface area contributed by atoms with E-state index in [2.05, 4.69) is 50.0 Å². The molecule has 0 spiro atoms. The molecule has 2 aromatic carbocycles. The van der Waals surface area contributed by atoms with E-state index in [1.165, 1.54) is 0 Å². The van der Waals surface area contributed by atoms with E-state index in [1.54, 1.807) is 17.4 Å². The first-order valence-electron chi connectivity index (χ1n) is 9.76. The Labute approximate surface area is 190 Å². The lowest BCUT2D eigenvalue weighted by atomic mass is 9.91. The van der Waals surface area contributed by atoms with Crippen molar-refractivity contribution in [3.8, 4) is 27.6 Å². The molecule has 4 rings (SSSR count). The number of benzene rings is 2. The van der Waals surface area contributed by atoms with Crippen LogP contribution in [0.25, 0.3) is 27.6 Å². The Morgan fingerprint density at radius 1 is 1.03 bits per heavy atom. The molecule has 2 aromatic heterocycles. The molecule has 0 aliphatic carbocycles. The molecule has 154 valence electrons. The van der Waals surface area contributed by atoms with E-state index in [4.69, 9.17) is 28.3 Å². The van der Waals surface area contributed by atoms with Crippen molar-refractivity contribution in [2.24, 2.45) is 0 Å². The van der Waals surface area contributed by atoms with Crippen molar-refractivity contribution in [3.05, 3.63) is 69.1 Å². The number of halogens is 2. The number of aromatic nitrogens is 4. The van der Waals surface area contributed by atoms with Crippen LogP contribution in [0.15, 0.2) is 48.5 Å². The summed E-state index contributed by atoms with van der Waals surface area (Å²) < 4.78 is 1.88. The maximum Gasteiger partial charge on any atom is 0.168 e. The van der Waals surface area contributed by atoms with Gasteiger partial charge >= 0.3 is 0 Å². The molecule has 0 unspecified atom stereocenters. The van der Waals surface area contributed by atoms with Crippen LogP contribution in [0, 0.1) is 6.92 Å². The summed E-state index contributed by atoms with van der Waals surface area (Å²) in [7, 11) is 0. The SMILES string of the molecule is CCC(C)(C)c1nnc(-c2nn(-c3ccc(Cl)cc3Cl)c(-c3ccccc3)c2C)s1. The second kappa shape index (κ2) is 8.14. The Kier molecular flexibility index (Phi) is 5.71. The van der Waals surface area contributed by atoms with Gasteiger partial charge in [-0.1, -0.05) is 85.6 Å². The van der Waals surface area contributed by atoms with E-state index in [-0.39, 0.29) is 5.41 Å². The summed E-state index contributed by atoms with van der Waals surface area (Å²) in [4.78, 5) is 0. The Hall–Kier alpha value is -2.21. The summed E-state index contributed by atoms with van der Waals surface area (Å²) in [6.45, 7) is 8.60. The third-order valence-corrected chi connectivity index (χ3v) is 7.23. The summed E-state index contributed by atoms with van der Waals surface area (Å²) in [6.07, 6.45) is 0.991.